The summed E-state index contributed by atoms with van der Waals surface area (Å²) in [5.41, 5.74) is 5.67. The van der Waals surface area contributed by atoms with Crippen molar-refractivity contribution in [3.63, 3.8) is 0 Å². The highest BCUT2D eigenvalue weighted by atomic mass is 16.5. The molecule has 174 valence electrons. The maximum Gasteiger partial charge on any atom is 0.270 e. The molecule has 4 aromatic heterocycles. The third-order valence-electron chi connectivity index (χ3n) is 5.88. The van der Waals surface area contributed by atoms with E-state index in [-0.39, 0.29) is 11.9 Å². The quantitative estimate of drug-likeness (QED) is 0.478. The van der Waals surface area contributed by atoms with Crippen LogP contribution in [0.2, 0.25) is 0 Å². The van der Waals surface area contributed by atoms with Gasteiger partial charge in [0, 0.05) is 57.5 Å². The lowest BCUT2D eigenvalue weighted by atomic mass is 10.0. The number of pyridine rings is 2. The SMILES string of the molecule is Cn1cc(-c2ccc(Cc3cc(C(=O)NC4CCOCC4)nc(-c4ccn(C)n4)c3)cn2)cn1. The van der Waals surface area contributed by atoms with E-state index < -0.39 is 0 Å². The molecule has 0 atom stereocenters. The lowest BCUT2D eigenvalue weighted by molar-refractivity contribution is 0.0694. The molecule has 0 aliphatic carbocycles. The molecule has 0 saturated carbocycles. The van der Waals surface area contributed by atoms with Crippen LogP contribution >= 0.6 is 0 Å². The number of carbonyl (C=O) groups is 1. The Labute approximate surface area is 197 Å². The van der Waals surface area contributed by atoms with Crippen LogP contribution in [0.4, 0.5) is 0 Å². The summed E-state index contributed by atoms with van der Waals surface area (Å²) in [5.74, 6) is -0.170. The van der Waals surface area contributed by atoms with Crippen molar-refractivity contribution in [1.82, 2.24) is 34.8 Å². The maximum absolute atomic E-state index is 13.0. The Morgan fingerprint density at radius 2 is 1.88 bits per heavy atom. The van der Waals surface area contributed by atoms with Gasteiger partial charge in [0.2, 0.25) is 0 Å². The van der Waals surface area contributed by atoms with E-state index in [1.165, 1.54) is 0 Å². The van der Waals surface area contributed by atoms with Crippen LogP contribution in [0.3, 0.4) is 0 Å². The van der Waals surface area contributed by atoms with E-state index >= 15 is 0 Å². The van der Waals surface area contributed by atoms with E-state index in [0.717, 1.165) is 40.9 Å². The minimum Gasteiger partial charge on any atom is -0.381 e. The molecule has 1 aliphatic rings. The van der Waals surface area contributed by atoms with Gasteiger partial charge in [-0.25, -0.2) is 4.98 Å². The summed E-state index contributed by atoms with van der Waals surface area (Å²) in [7, 11) is 3.75. The molecule has 0 radical (unpaired) electrons. The van der Waals surface area contributed by atoms with E-state index in [9.17, 15) is 4.79 Å². The molecule has 1 amide bonds. The van der Waals surface area contributed by atoms with Gasteiger partial charge in [-0.15, -0.1) is 0 Å². The van der Waals surface area contributed by atoms with Gasteiger partial charge in [-0.1, -0.05) is 6.07 Å². The van der Waals surface area contributed by atoms with Crippen LogP contribution in [0.1, 0.15) is 34.5 Å². The first-order valence-electron chi connectivity index (χ1n) is 11.4. The van der Waals surface area contributed by atoms with E-state index in [4.69, 9.17) is 4.74 Å². The molecule has 34 heavy (non-hydrogen) atoms. The second kappa shape index (κ2) is 9.56. The number of amides is 1. The highest BCUT2D eigenvalue weighted by Gasteiger charge is 2.19. The van der Waals surface area contributed by atoms with Gasteiger partial charge in [-0.3, -0.25) is 19.1 Å². The normalized spacial score (nSPS) is 14.3. The molecule has 1 N–H and O–H groups in total. The molecular formula is C25H27N7O2. The molecule has 1 saturated heterocycles. The number of hydrogen-bond donors (Lipinski definition) is 1. The Kier molecular flexibility index (Phi) is 6.18. The molecule has 0 spiro atoms. The average Bonchev–Trinajstić information content (AvgIpc) is 3.48. The third kappa shape index (κ3) is 5.04. The first kappa shape index (κ1) is 22.0. The molecule has 1 aliphatic heterocycles. The summed E-state index contributed by atoms with van der Waals surface area (Å²) in [5, 5.41) is 11.8. The standard InChI is InChI=1S/C25H27N7O2/c1-31-8-5-22(30-31)23-12-18(13-24(29-23)25(33)28-20-6-9-34-10-7-20)11-17-3-4-21(26-14-17)19-15-27-32(2)16-19/h3-5,8,12-16,20H,6-7,9-11H2,1-2H3,(H,28,33). The number of nitrogens with one attached hydrogen (secondary N) is 1. The minimum absolute atomic E-state index is 0.106. The zero-order valence-corrected chi connectivity index (χ0v) is 19.3. The molecule has 0 unspecified atom stereocenters. The number of hydrogen-bond acceptors (Lipinski definition) is 6. The van der Waals surface area contributed by atoms with Crippen molar-refractivity contribution in [2.24, 2.45) is 14.1 Å². The van der Waals surface area contributed by atoms with Crippen molar-refractivity contribution in [3.8, 4) is 22.6 Å². The van der Waals surface area contributed by atoms with Gasteiger partial charge in [0.1, 0.15) is 11.4 Å². The summed E-state index contributed by atoms with van der Waals surface area (Å²) >= 11 is 0. The predicted molar refractivity (Wildman–Crippen MR) is 127 cm³/mol. The Morgan fingerprint density at radius 1 is 1.03 bits per heavy atom. The van der Waals surface area contributed by atoms with Crippen molar-refractivity contribution >= 4 is 5.91 Å². The zero-order valence-electron chi connectivity index (χ0n) is 19.3. The fourth-order valence-corrected chi connectivity index (χ4v) is 4.08. The van der Waals surface area contributed by atoms with Crippen molar-refractivity contribution in [2.75, 3.05) is 13.2 Å². The number of rotatable bonds is 6. The summed E-state index contributed by atoms with van der Waals surface area (Å²) in [4.78, 5) is 22.3. The Balaban J connectivity index is 1.41. The van der Waals surface area contributed by atoms with E-state index in [1.54, 1.807) is 15.6 Å². The number of aryl methyl sites for hydroxylation is 2. The van der Waals surface area contributed by atoms with Crippen LogP contribution in [-0.2, 0) is 25.3 Å². The first-order chi connectivity index (χ1) is 16.5. The number of ether oxygens (including phenoxy) is 1. The van der Waals surface area contributed by atoms with Crippen LogP contribution in [0.15, 0.2) is 55.1 Å². The lowest BCUT2D eigenvalue weighted by Gasteiger charge is -2.23. The molecule has 9 heteroatoms. The first-order valence-corrected chi connectivity index (χ1v) is 11.4. The predicted octanol–water partition coefficient (Wildman–Crippen LogP) is 2.78. The smallest absolute Gasteiger partial charge is 0.270 e. The summed E-state index contributed by atoms with van der Waals surface area (Å²) in [6.45, 7) is 1.33. The van der Waals surface area contributed by atoms with Gasteiger partial charge >= 0.3 is 0 Å². The molecule has 4 aromatic rings. The van der Waals surface area contributed by atoms with Gasteiger partial charge < -0.3 is 10.1 Å². The van der Waals surface area contributed by atoms with E-state index in [0.29, 0.717) is 31.0 Å². The van der Waals surface area contributed by atoms with Crippen LogP contribution in [0, 0.1) is 0 Å². The van der Waals surface area contributed by atoms with Crippen molar-refractivity contribution in [3.05, 3.63) is 71.9 Å². The van der Waals surface area contributed by atoms with Gasteiger partial charge in [0.25, 0.3) is 5.91 Å². The molecule has 9 nitrogen and oxygen atoms in total. The Hall–Kier alpha value is -3.85. The fourth-order valence-electron chi connectivity index (χ4n) is 4.08. The van der Waals surface area contributed by atoms with Crippen molar-refractivity contribution < 1.29 is 9.53 Å². The van der Waals surface area contributed by atoms with Crippen LogP contribution in [0.5, 0.6) is 0 Å². The second-order valence-electron chi connectivity index (χ2n) is 8.61. The average molecular weight is 458 g/mol. The Morgan fingerprint density at radius 3 is 2.56 bits per heavy atom. The molecule has 5 rings (SSSR count). The van der Waals surface area contributed by atoms with E-state index in [1.807, 2.05) is 57.0 Å². The fraction of sp³-hybridized carbons (Fsp3) is 0.320. The largest absolute Gasteiger partial charge is 0.381 e. The van der Waals surface area contributed by atoms with Crippen LogP contribution in [-0.4, -0.2) is 54.7 Å². The number of aromatic nitrogens is 6. The maximum atomic E-state index is 13.0. The molecular weight excluding hydrogens is 430 g/mol. The molecule has 0 aromatic carbocycles. The number of nitrogens with zero attached hydrogens (tertiary/aromatic N) is 6. The van der Waals surface area contributed by atoms with Gasteiger partial charge in [-0.05, 0) is 54.7 Å². The number of carbonyl (C=O) groups excluding carboxylic acids is 1. The monoisotopic (exact) mass is 457 g/mol. The highest BCUT2D eigenvalue weighted by molar-refractivity contribution is 5.93. The lowest BCUT2D eigenvalue weighted by Crippen LogP contribution is -2.39. The van der Waals surface area contributed by atoms with Gasteiger partial charge in [0.15, 0.2) is 0 Å². The minimum atomic E-state index is -0.170. The highest BCUT2D eigenvalue weighted by Crippen LogP contribution is 2.21. The summed E-state index contributed by atoms with van der Waals surface area (Å²) < 4.78 is 8.89. The van der Waals surface area contributed by atoms with Gasteiger partial charge in [0.05, 0.1) is 17.6 Å². The molecule has 0 bridgehead atoms. The summed E-state index contributed by atoms with van der Waals surface area (Å²) in [6.07, 6.45) is 9.72. The van der Waals surface area contributed by atoms with Crippen LogP contribution in [0.25, 0.3) is 22.6 Å². The Bertz CT molecular complexity index is 1290. The van der Waals surface area contributed by atoms with Crippen molar-refractivity contribution in [2.45, 2.75) is 25.3 Å². The third-order valence-corrected chi connectivity index (χ3v) is 5.88. The second-order valence-corrected chi connectivity index (χ2v) is 8.61. The summed E-state index contributed by atoms with van der Waals surface area (Å²) in [6, 6.07) is 9.90. The zero-order chi connectivity index (χ0) is 23.5. The van der Waals surface area contributed by atoms with Crippen LogP contribution < -0.4 is 5.32 Å². The van der Waals surface area contributed by atoms with Crippen molar-refractivity contribution in [1.29, 1.82) is 0 Å². The molecule has 5 heterocycles. The van der Waals surface area contributed by atoms with E-state index in [2.05, 4.69) is 31.5 Å². The topological polar surface area (TPSA) is 99.8 Å². The van der Waals surface area contributed by atoms with Gasteiger partial charge in [-0.2, -0.15) is 10.2 Å². The molecule has 1 fully saturated rings.